The van der Waals surface area contributed by atoms with E-state index < -0.39 is 0 Å². The summed E-state index contributed by atoms with van der Waals surface area (Å²) in [6.45, 7) is 0. The number of hydrogen-bond acceptors (Lipinski definition) is 3. The first-order chi connectivity index (χ1) is 4.86. The molecule has 1 nitrogen and oxygen atoms in total. The molecule has 1 heterocycles. The number of thioether (sulfide) groups is 2. The second kappa shape index (κ2) is 3.88. The number of pyridine rings is 1. The zero-order valence-electron chi connectivity index (χ0n) is 5.92. The largest absolute Gasteiger partial charge is 0.252 e. The van der Waals surface area contributed by atoms with E-state index in [0.717, 1.165) is 4.90 Å². The molecule has 53 valence electrons. The summed E-state index contributed by atoms with van der Waals surface area (Å²) in [6, 6.07) is 2.09. The smallest absolute Gasteiger partial charge is 0.103 e. The Morgan fingerprint density at radius 3 is 2.80 bits per heavy atom. The van der Waals surface area contributed by atoms with Crippen LogP contribution in [-0.4, -0.2) is 17.5 Å². The number of nitrogens with zero attached hydrogens (tertiary/aromatic N) is 1. The van der Waals surface area contributed by atoms with Crippen molar-refractivity contribution in [2.45, 2.75) is 9.79 Å². The Morgan fingerprint density at radius 1 is 1.40 bits per heavy atom. The quantitative estimate of drug-likeness (QED) is 0.632. The third-order valence-corrected chi connectivity index (χ3v) is 2.44. The molecule has 0 aliphatic rings. The van der Waals surface area contributed by atoms with Crippen LogP contribution in [0.1, 0.15) is 0 Å². The van der Waals surface area contributed by atoms with Crippen LogP contribution in [0, 0.1) is 6.20 Å². The molecule has 0 spiro atoms. The van der Waals surface area contributed by atoms with Crippen molar-refractivity contribution in [3.63, 3.8) is 0 Å². The van der Waals surface area contributed by atoms with Crippen LogP contribution >= 0.6 is 23.5 Å². The van der Waals surface area contributed by atoms with Crippen LogP contribution in [-0.2, 0) is 0 Å². The van der Waals surface area contributed by atoms with Crippen molar-refractivity contribution in [2.24, 2.45) is 0 Å². The highest BCUT2D eigenvalue weighted by molar-refractivity contribution is 7.99. The van der Waals surface area contributed by atoms with Crippen LogP contribution in [0.15, 0.2) is 22.1 Å². The number of aromatic nitrogens is 1. The van der Waals surface area contributed by atoms with E-state index in [1.165, 1.54) is 4.90 Å². The second-order valence-corrected chi connectivity index (χ2v) is 3.42. The molecule has 1 rings (SSSR count). The Labute approximate surface area is 69.6 Å². The average molecular weight is 170 g/mol. The van der Waals surface area contributed by atoms with Crippen LogP contribution < -0.4 is 0 Å². The molecule has 0 aliphatic carbocycles. The normalized spacial score (nSPS) is 9.80. The fourth-order valence-electron chi connectivity index (χ4n) is 0.574. The monoisotopic (exact) mass is 170 g/mol. The lowest BCUT2D eigenvalue weighted by atomic mass is 10.5. The maximum absolute atomic E-state index is 3.96. The molecule has 1 aromatic rings. The molecule has 0 aromatic carbocycles. The van der Waals surface area contributed by atoms with Gasteiger partial charge in [0.25, 0.3) is 0 Å². The molecule has 0 saturated carbocycles. The number of hydrogen-bond donors (Lipinski definition) is 0. The fraction of sp³-hybridized carbons (Fsp3) is 0.286. The summed E-state index contributed by atoms with van der Waals surface area (Å²) in [4.78, 5) is 6.26. The maximum Gasteiger partial charge on any atom is 0.103 e. The van der Waals surface area contributed by atoms with Crippen LogP contribution in [0.3, 0.4) is 0 Å². The molecule has 0 amide bonds. The van der Waals surface area contributed by atoms with Gasteiger partial charge in [0.1, 0.15) is 6.20 Å². The average Bonchev–Trinajstić information content (AvgIpc) is 2.05. The second-order valence-electron chi connectivity index (χ2n) is 1.69. The van der Waals surface area contributed by atoms with Gasteiger partial charge in [-0.15, -0.1) is 23.5 Å². The van der Waals surface area contributed by atoms with Gasteiger partial charge in [0, 0.05) is 16.0 Å². The van der Waals surface area contributed by atoms with Crippen molar-refractivity contribution in [3.8, 4) is 0 Å². The predicted molar refractivity (Wildman–Crippen MR) is 46.6 cm³/mol. The Hall–Kier alpha value is -0.150. The zero-order chi connectivity index (χ0) is 7.40. The predicted octanol–water partition coefficient (Wildman–Crippen LogP) is 2.33. The number of rotatable bonds is 2. The zero-order valence-corrected chi connectivity index (χ0v) is 7.55. The summed E-state index contributed by atoms with van der Waals surface area (Å²) in [5.41, 5.74) is 0. The van der Waals surface area contributed by atoms with Gasteiger partial charge in [-0.3, -0.25) is 4.98 Å². The summed E-state index contributed by atoms with van der Waals surface area (Å²) in [6.07, 6.45) is 8.78. The lowest BCUT2D eigenvalue weighted by Gasteiger charge is -1.96. The van der Waals surface area contributed by atoms with Gasteiger partial charge < -0.3 is 0 Å². The van der Waals surface area contributed by atoms with Gasteiger partial charge in [0.05, 0.1) is 0 Å². The van der Waals surface area contributed by atoms with E-state index in [-0.39, 0.29) is 0 Å². The van der Waals surface area contributed by atoms with Crippen LogP contribution in [0.4, 0.5) is 0 Å². The molecule has 0 fully saturated rings. The highest BCUT2D eigenvalue weighted by Crippen LogP contribution is 2.19. The topological polar surface area (TPSA) is 12.9 Å². The van der Waals surface area contributed by atoms with Crippen LogP contribution in [0.2, 0.25) is 0 Å². The standard InChI is InChI=1S/C7H8NS2/c1-9-6-3-7(10-2)5-8-4-6/h3-4H,1-2H3. The van der Waals surface area contributed by atoms with Crippen molar-refractivity contribution in [1.29, 1.82) is 0 Å². The first-order valence-corrected chi connectivity index (χ1v) is 5.27. The van der Waals surface area contributed by atoms with Crippen molar-refractivity contribution < 1.29 is 0 Å². The van der Waals surface area contributed by atoms with E-state index in [1.807, 2.05) is 18.7 Å². The summed E-state index contributed by atoms with van der Waals surface area (Å²) in [5.74, 6) is 0. The fourth-order valence-corrected chi connectivity index (χ4v) is 1.43. The van der Waals surface area contributed by atoms with Gasteiger partial charge >= 0.3 is 0 Å². The molecule has 0 unspecified atom stereocenters. The summed E-state index contributed by atoms with van der Waals surface area (Å²) >= 11 is 3.37. The molecular weight excluding hydrogens is 162 g/mol. The van der Waals surface area contributed by atoms with E-state index in [4.69, 9.17) is 0 Å². The highest BCUT2D eigenvalue weighted by atomic mass is 32.2. The van der Waals surface area contributed by atoms with E-state index in [0.29, 0.717) is 0 Å². The molecule has 0 bridgehead atoms. The van der Waals surface area contributed by atoms with E-state index in [1.54, 1.807) is 23.5 Å². The Kier molecular flexibility index (Phi) is 3.09. The molecule has 3 heteroatoms. The van der Waals surface area contributed by atoms with Crippen molar-refractivity contribution >= 4 is 23.5 Å². The summed E-state index contributed by atoms with van der Waals surface area (Å²) < 4.78 is 0. The van der Waals surface area contributed by atoms with Crippen molar-refractivity contribution in [2.75, 3.05) is 12.5 Å². The van der Waals surface area contributed by atoms with Gasteiger partial charge in [0.2, 0.25) is 0 Å². The van der Waals surface area contributed by atoms with Gasteiger partial charge in [-0.25, -0.2) is 0 Å². The van der Waals surface area contributed by atoms with Crippen molar-refractivity contribution in [1.82, 2.24) is 4.98 Å². The van der Waals surface area contributed by atoms with Crippen molar-refractivity contribution in [3.05, 3.63) is 18.5 Å². The minimum absolute atomic E-state index is 1.10. The molecule has 0 atom stereocenters. The molecule has 1 radical (unpaired) electrons. The summed E-state index contributed by atoms with van der Waals surface area (Å²) in [7, 11) is 0. The van der Waals surface area contributed by atoms with Gasteiger partial charge in [0.15, 0.2) is 0 Å². The molecule has 0 N–H and O–H groups in total. The Balaban J connectivity index is 2.87. The van der Waals surface area contributed by atoms with E-state index >= 15 is 0 Å². The Bertz CT molecular complexity index is 193. The third kappa shape index (κ3) is 1.92. The minimum Gasteiger partial charge on any atom is -0.252 e. The Morgan fingerprint density at radius 2 is 2.20 bits per heavy atom. The molecule has 10 heavy (non-hydrogen) atoms. The van der Waals surface area contributed by atoms with Crippen LogP contribution in [0.25, 0.3) is 0 Å². The van der Waals surface area contributed by atoms with E-state index in [9.17, 15) is 0 Å². The lowest BCUT2D eigenvalue weighted by Crippen LogP contribution is -1.76. The molecule has 0 aliphatic heterocycles. The molecular formula is C7H8NS2. The van der Waals surface area contributed by atoms with Crippen LogP contribution in [0.5, 0.6) is 0 Å². The first kappa shape index (κ1) is 7.95. The van der Waals surface area contributed by atoms with E-state index in [2.05, 4.69) is 17.2 Å². The lowest BCUT2D eigenvalue weighted by molar-refractivity contribution is 1.15. The van der Waals surface area contributed by atoms with Gasteiger partial charge in [-0.2, -0.15) is 0 Å². The summed E-state index contributed by atoms with van der Waals surface area (Å²) in [5, 5.41) is 0. The molecule has 1 aromatic heterocycles. The van der Waals surface area contributed by atoms with Gasteiger partial charge in [-0.1, -0.05) is 0 Å². The maximum atomic E-state index is 3.96. The molecule has 0 saturated heterocycles. The minimum atomic E-state index is 1.10. The first-order valence-electron chi connectivity index (χ1n) is 2.82. The van der Waals surface area contributed by atoms with Gasteiger partial charge in [-0.05, 0) is 18.6 Å². The highest BCUT2D eigenvalue weighted by Gasteiger charge is 1.92. The SMILES string of the molecule is CSc1[c]ncc(SC)c1. The third-order valence-electron chi connectivity index (χ3n) is 1.10.